The molecule has 5 heteroatoms. The molecule has 1 heterocycles. The van der Waals surface area contributed by atoms with E-state index in [2.05, 4.69) is 47.4 Å². The van der Waals surface area contributed by atoms with Crippen LogP contribution in [0.2, 0.25) is 0 Å². The Bertz CT molecular complexity index is 1280. The highest BCUT2D eigenvalue weighted by Gasteiger charge is 2.08. The molecule has 0 radical (unpaired) electrons. The van der Waals surface area contributed by atoms with E-state index in [9.17, 15) is 4.79 Å². The van der Waals surface area contributed by atoms with Crippen molar-refractivity contribution in [3.05, 3.63) is 106 Å². The SMILES string of the molecule is Cc1cc(Cc2cc(CN)cc(Cc3ccc4ccnc(N)c4c3)c2)cc(C(N)=O)c1. The van der Waals surface area contributed by atoms with E-state index in [1.54, 1.807) is 6.20 Å². The Labute approximate surface area is 181 Å². The second-order valence-corrected chi connectivity index (χ2v) is 8.04. The largest absolute Gasteiger partial charge is 0.383 e. The number of amides is 1. The van der Waals surface area contributed by atoms with Gasteiger partial charge in [0.1, 0.15) is 5.82 Å². The zero-order valence-corrected chi connectivity index (χ0v) is 17.6. The maximum Gasteiger partial charge on any atom is 0.248 e. The fourth-order valence-corrected chi connectivity index (χ4v) is 4.09. The summed E-state index contributed by atoms with van der Waals surface area (Å²) in [4.78, 5) is 15.8. The van der Waals surface area contributed by atoms with Crippen molar-refractivity contribution in [2.45, 2.75) is 26.3 Å². The van der Waals surface area contributed by atoms with Gasteiger partial charge in [0.2, 0.25) is 5.91 Å². The standard InChI is InChI=1S/C26H26N4O/c1-16-6-18(13-23(7-16)26(29)31)9-20-10-19(11-21(12-20)15-27)8-17-2-3-22-4-5-30-25(28)24(22)14-17/h2-7,10-14H,8-9,15,27H2,1H3,(H2,28,30)(H2,29,31). The maximum atomic E-state index is 11.6. The number of primary amides is 1. The van der Waals surface area contributed by atoms with Gasteiger partial charge in [-0.3, -0.25) is 4.79 Å². The number of aromatic nitrogens is 1. The fraction of sp³-hybridized carbons (Fsp3) is 0.154. The molecule has 0 saturated heterocycles. The molecule has 0 bridgehead atoms. The van der Waals surface area contributed by atoms with Gasteiger partial charge in [-0.2, -0.15) is 0 Å². The normalized spacial score (nSPS) is 11.0. The van der Waals surface area contributed by atoms with Gasteiger partial charge in [0.05, 0.1) is 0 Å². The Kier molecular flexibility index (Phi) is 5.69. The number of nitrogens with two attached hydrogens (primary N) is 3. The summed E-state index contributed by atoms with van der Waals surface area (Å²) in [6, 6.07) is 20.5. The number of rotatable bonds is 6. The molecule has 4 rings (SSSR count). The Morgan fingerprint density at radius 2 is 1.52 bits per heavy atom. The van der Waals surface area contributed by atoms with Crippen molar-refractivity contribution < 1.29 is 4.79 Å². The van der Waals surface area contributed by atoms with Crippen molar-refractivity contribution >= 4 is 22.5 Å². The molecule has 3 aromatic carbocycles. The van der Waals surface area contributed by atoms with Gasteiger partial charge < -0.3 is 17.2 Å². The van der Waals surface area contributed by atoms with Gasteiger partial charge >= 0.3 is 0 Å². The number of benzene rings is 3. The Morgan fingerprint density at radius 3 is 2.23 bits per heavy atom. The van der Waals surface area contributed by atoms with Crippen LogP contribution in [0.15, 0.2) is 66.9 Å². The molecular formula is C26H26N4O. The van der Waals surface area contributed by atoms with E-state index in [0.29, 0.717) is 24.3 Å². The third-order valence-corrected chi connectivity index (χ3v) is 5.45. The number of hydrogen-bond acceptors (Lipinski definition) is 4. The third kappa shape index (κ3) is 4.73. The minimum Gasteiger partial charge on any atom is -0.383 e. The van der Waals surface area contributed by atoms with Gasteiger partial charge in [-0.25, -0.2) is 4.98 Å². The number of aryl methyl sites for hydroxylation is 1. The first-order valence-corrected chi connectivity index (χ1v) is 10.3. The first-order chi connectivity index (χ1) is 14.9. The van der Waals surface area contributed by atoms with Crippen LogP contribution in [0.25, 0.3) is 10.8 Å². The Hall–Kier alpha value is -3.70. The van der Waals surface area contributed by atoms with E-state index in [1.165, 1.54) is 11.1 Å². The van der Waals surface area contributed by atoms with E-state index in [1.807, 2.05) is 25.1 Å². The molecule has 0 aliphatic heterocycles. The maximum absolute atomic E-state index is 11.6. The highest BCUT2D eigenvalue weighted by molar-refractivity contribution is 5.93. The zero-order valence-electron chi connectivity index (χ0n) is 17.6. The highest BCUT2D eigenvalue weighted by atomic mass is 16.1. The van der Waals surface area contributed by atoms with Gasteiger partial charge in [0.25, 0.3) is 0 Å². The summed E-state index contributed by atoms with van der Waals surface area (Å²) in [5.74, 6) is 0.131. The lowest BCUT2D eigenvalue weighted by molar-refractivity contribution is 0.1000. The van der Waals surface area contributed by atoms with Crippen LogP contribution in [0.5, 0.6) is 0 Å². The number of pyridine rings is 1. The van der Waals surface area contributed by atoms with E-state index in [-0.39, 0.29) is 0 Å². The lowest BCUT2D eigenvalue weighted by Gasteiger charge is -2.11. The predicted octanol–water partition coefficient (Wildman–Crippen LogP) is 3.86. The number of hydrogen-bond donors (Lipinski definition) is 3. The van der Waals surface area contributed by atoms with E-state index < -0.39 is 5.91 Å². The topological polar surface area (TPSA) is 108 Å². The van der Waals surface area contributed by atoms with Gasteiger partial charge in [0, 0.05) is 23.7 Å². The molecule has 1 aromatic heterocycles. The molecule has 1 amide bonds. The molecule has 156 valence electrons. The van der Waals surface area contributed by atoms with Gasteiger partial charge in [-0.15, -0.1) is 0 Å². The lowest BCUT2D eigenvalue weighted by Crippen LogP contribution is -2.11. The van der Waals surface area contributed by atoms with Crippen LogP contribution < -0.4 is 17.2 Å². The number of anilines is 1. The quantitative estimate of drug-likeness (QED) is 0.448. The minimum absolute atomic E-state index is 0.411. The molecule has 0 saturated carbocycles. The molecule has 6 N–H and O–H groups in total. The summed E-state index contributed by atoms with van der Waals surface area (Å²) in [7, 11) is 0. The molecular weight excluding hydrogens is 384 g/mol. The summed E-state index contributed by atoms with van der Waals surface area (Å²) in [6.07, 6.45) is 3.20. The smallest absolute Gasteiger partial charge is 0.248 e. The molecule has 0 aliphatic carbocycles. The van der Waals surface area contributed by atoms with Crippen molar-refractivity contribution in [3.8, 4) is 0 Å². The number of fused-ring (bicyclic) bond motifs is 1. The summed E-state index contributed by atoms with van der Waals surface area (Å²) in [5.41, 5.74) is 24.7. The summed E-state index contributed by atoms with van der Waals surface area (Å²) in [6.45, 7) is 2.44. The average molecular weight is 411 g/mol. The van der Waals surface area contributed by atoms with Crippen LogP contribution in [-0.4, -0.2) is 10.9 Å². The van der Waals surface area contributed by atoms with Crippen LogP contribution in [-0.2, 0) is 19.4 Å². The first kappa shape index (κ1) is 20.6. The first-order valence-electron chi connectivity index (χ1n) is 10.3. The molecule has 5 nitrogen and oxygen atoms in total. The number of nitrogen functional groups attached to an aromatic ring is 1. The zero-order chi connectivity index (χ0) is 22.0. The second-order valence-electron chi connectivity index (χ2n) is 8.04. The Balaban J connectivity index is 1.65. The van der Waals surface area contributed by atoms with Crippen LogP contribution in [0.3, 0.4) is 0 Å². The van der Waals surface area contributed by atoms with Gasteiger partial charge in [-0.1, -0.05) is 42.0 Å². The summed E-state index contributed by atoms with van der Waals surface area (Å²) in [5, 5.41) is 2.05. The molecule has 4 aromatic rings. The average Bonchev–Trinajstić information content (AvgIpc) is 2.73. The van der Waals surface area contributed by atoms with Gasteiger partial charge in [-0.05, 0) is 77.2 Å². The third-order valence-electron chi connectivity index (χ3n) is 5.45. The predicted molar refractivity (Wildman–Crippen MR) is 126 cm³/mol. The molecule has 0 atom stereocenters. The molecule has 31 heavy (non-hydrogen) atoms. The van der Waals surface area contributed by atoms with Crippen molar-refractivity contribution in [3.63, 3.8) is 0 Å². The molecule has 0 unspecified atom stereocenters. The minimum atomic E-state index is -0.411. The molecule has 0 spiro atoms. The second kappa shape index (κ2) is 8.58. The van der Waals surface area contributed by atoms with Crippen LogP contribution >= 0.6 is 0 Å². The van der Waals surface area contributed by atoms with E-state index in [0.717, 1.165) is 39.4 Å². The fourth-order valence-electron chi connectivity index (χ4n) is 4.09. The number of carbonyl (C=O) groups is 1. The van der Waals surface area contributed by atoms with Crippen LogP contribution in [0.1, 0.15) is 43.7 Å². The molecule has 0 fully saturated rings. The van der Waals surface area contributed by atoms with E-state index >= 15 is 0 Å². The highest BCUT2D eigenvalue weighted by Crippen LogP contribution is 2.23. The van der Waals surface area contributed by atoms with Crippen LogP contribution in [0, 0.1) is 6.92 Å². The summed E-state index contributed by atoms with van der Waals surface area (Å²) >= 11 is 0. The monoisotopic (exact) mass is 410 g/mol. The molecule has 0 aliphatic rings. The van der Waals surface area contributed by atoms with Crippen molar-refractivity contribution in [1.82, 2.24) is 4.98 Å². The lowest BCUT2D eigenvalue weighted by atomic mass is 9.94. The van der Waals surface area contributed by atoms with Crippen molar-refractivity contribution in [2.75, 3.05) is 5.73 Å². The summed E-state index contributed by atoms with van der Waals surface area (Å²) < 4.78 is 0. The van der Waals surface area contributed by atoms with Crippen LogP contribution in [0.4, 0.5) is 5.82 Å². The Morgan fingerprint density at radius 1 is 0.839 bits per heavy atom. The van der Waals surface area contributed by atoms with Crippen molar-refractivity contribution in [2.24, 2.45) is 11.5 Å². The number of carbonyl (C=O) groups excluding carboxylic acids is 1. The number of nitrogens with zero attached hydrogens (tertiary/aromatic N) is 1. The van der Waals surface area contributed by atoms with Crippen molar-refractivity contribution in [1.29, 1.82) is 0 Å². The van der Waals surface area contributed by atoms with E-state index in [4.69, 9.17) is 17.2 Å². The van der Waals surface area contributed by atoms with Gasteiger partial charge in [0.15, 0.2) is 0 Å².